The Labute approximate surface area is 175 Å². The molecule has 3 aromatic carbocycles. The molecule has 0 atom stereocenters. The van der Waals surface area contributed by atoms with Crippen molar-refractivity contribution >= 4 is 34.6 Å². The van der Waals surface area contributed by atoms with Crippen LogP contribution in [0.2, 0.25) is 0 Å². The second-order valence-corrected chi connectivity index (χ2v) is 6.55. The summed E-state index contributed by atoms with van der Waals surface area (Å²) in [6.45, 7) is 1.87. The molecule has 156 valence electrons. The summed E-state index contributed by atoms with van der Waals surface area (Å²) < 4.78 is 0. The highest BCUT2D eigenvalue weighted by Crippen LogP contribution is 2.23. The summed E-state index contributed by atoms with van der Waals surface area (Å²) >= 11 is 0. The Morgan fingerprint density at radius 2 is 1.29 bits per heavy atom. The number of amides is 2. The number of aryl methyl sites for hydroxylation is 1. The molecule has 0 aliphatic rings. The lowest BCUT2D eigenvalue weighted by Gasteiger charge is -2.09. The summed E-state index contributed by atoms with van der Waals surface area (Å²) in [5.74, 6) is -1.09. The summed E-state index contributed by atoms with van der Waals surface area (Å²) in [4.78, 5) is 45.1. The van der Waals surface area contributed by atoms with E-state index in [2.05, 4.69) is 10.6 Å². The summed E-state index contributed by atoms with van der Waals surface area (Å²) in [6.07, 6.45) is 0. The highest BCUT2D eigenvalue weighted by atomic mass is 16.6. The van der Waals surface area contributed by atoms with Gasteiger partial charge in [-0.15, -0.1) is 0 Å². The van der Waals surface area contributed by atoms with Gasteiger partial charge in [0.25, 0.3) is 23.2 Å². The van der Waals surface area contributed by atoms with E-state index in [1.807, 2.05) is 19.1 Å². The van der Waals surface area contributed by atoms with Gasteiger partial charge in [-0.2, -0.15) is 0 Å². The normalized spacial score (nSPS) is 10.2. The van der Waals surface area contributed by atoms with Crippen LogP contribution in [0.15, 0.2) is 66.7 Å². The zero-order chi connectivity index (χ0) is 22.5. The van der Waals surface area contributed by atoms with Crippen LogP contribution in [0.25, 0.3) is 0 Å². The maximum Gasteiger partial charge on any atom is 0.277 e. The Kier molecular flexibility index (Phi) is 6.01. The molecule has 0 aromatic heterocycles. The molecule has 0 saturated carbocycles. The molecule has 0 saturated heterocycles. The summed E-state index contributed by atoms with van der Waals surface area (Å²) in [7, 11) is 0. The third-order valence-corrected chi connectivity index (χ3v) is 4.38. The van der Waals surface area contributed by atoms with E-state index in [0.717, 1.165) is 23.8 Å². The molecule has 0 fully saturated rings. The van der Waals surface area contributed by atoms with Crippen molar-refractivity contribution in [1.29, 1.82) is 0 Å². The molecule has 10 nitrogen and oxygen atoms in total. The molecule has 0 heterocycles. The number of hydrogen-bond donors (Lipinski definition) is 2. The Hall–Kier alpha value is -4.60. The quantitative estimate of drug-likeness (QED) is 0.449. The fourth-order valence-electron chi connectivity index (χ4n) is 2.75. The third-order valence-electron chi connectivity index (χ3n) is 4.38. The number of non-ortho nitro benzene ring substituents is 2. The van der Waals surface area contributed by atoms with Crippen molar-refractivity contribution in [2.75, 3.05) is 10.6 Å². The molecule has 10 heteroatoms. The van der Waals surface area contributed by atoms with Crippen molar-refractivity contribution in [2.24, 2.45) is 0 Å². The minimum Gasteiger partial charge on any atom is -0.322 e. The van der Waals surface area contributed by atoms with Crippen LogP contribution in [0.5, 0.6) is 0 Å². The molecule has 3 rings (SSSR count). The van der Waals surface area contributed by atoms with Crippen LogP contribution in [0.4, 0.5) is 22.7 Å². The van der Waals surface area contributed by atoms with E-state index >= 15 is 0 Å². The van der Waals surface area contributed by atoms with Gasteiger partial charge < -0.3 is 10.6 Å². The van der Waals surface area contributed by atoms with E-state index in [9.17, 15) is 29.8 Å². The van der Waals surface area contributed by atoms with Crippen molar-refractivity contribution in [2.45, 2.75) is 6.92 Å². The first-order valence-electron chi connectivity index (χ1n) is 8.97. The van der Waals surface area contributed by atoms with E-state index in [1.165, 1.54) is 24.3 Å². The fourth-order valence-corrected chi connectivity index (χ4v) is 2.75. The lowest BCUT2D eigenvalue weighted by atomic mass is 10.1. The minimum absolute atomic E-state index is 0.234. The van der Waals surface area contributed by atoms with Crippen LogP contribution < -0.4 is 10.6 Å². The predicted octanol–water partition coefficient (Wildman–Crippen LogP) is 4.32. The molecule has 2 N–H and O–H groups in total. The van der Waals surface area contributed by atoms with Crippen molar-refractivity contribution in [3.05, 3.63) is 104 Å². The molecule has 0 bridgehead atoms. The van der Waals surface area contributed by atoms with Crippen molar-refractivity contribution in [3.63, 3.8) is 0 Å². The number of hydrogen-bond acceptors (Lipinski definition) is 6. The lowest BCUT2D eigenvalue weighted by molar-refractivity contribution is -0.394. The Morgan fingerprint density at radius 3 is 1.84 bits per heavy atom. The number of nitro benzene ring substituents is 2. The first kappa shape index (κ1) is 21.1. The van der Waals surface area contributed by atoms with Gasteiger partial charge in [-0.3, -0.25) is 29.8 Å². The number of rotatable bonds is 6. The van der Waals surface area contributed by atoms with E-state index in [0.29, 0.717) is 16.9 Å². The van der Waals surface area contributed by atoms with Gasteiger partial charge in [0, 0.05) is 29.1 Å². The molecule has 3 aromatic rings. The smallest absolute Gasteiger partial charge is 0.277 e. The Morgan fingerprint density at radius 1 is 0.742 bits per heavy atom. The van der Waals surface area contributed by atoms with Crippen molar-refractivity contribution in [3.8, 4) is 0 Å². The molecule has 0 radical (unpaired) electrons. The van der Waals surface area contributed by atoms with Gasteiger partial charge in [0.1, 0.15) is 0 Å². The number of para-hydroxylation sites is 1. The molecule has 31 heavy (non-hydrogen) atoms. The molecule has 0 aliphatic heterocycles. The highest BCUT2D eigenvalue weighted by Gasteiger charge is 2.20. The second kappa shape index (κ2) is 8.82. The number of anilines is 2. The monoisotopic (exact) mass is 420 g/mol. The number of carbonyl (C=O) groups is 2. The predicted molar refractivity (Wildman–Crippen MR) is 113 cm³/mol. The molecule has 2 amide bonds. The standard InChI is InChI=1S/C21H16N4O6/c1-13-4-2-3-5-19(13)23-20(26)14-6-8-16(9-7-14)22-21(27)15-10-17(24(28)29)12-18(11-15)25(30)31/h2-12H,1H3,(H,22,27)(H,23,26). The fraction of sp³-hybridized carbons (Fsp3) is 0.0476. The number of benzene rings is 3. The Balaban J connectivity index is 1.74. The van der Waals surface area contributed by atoms with Gasteiger partial charge in [0.05, 0.1) is 21.5 Å². The van der Waals surface area contributed by atoms with Gasteiger partial charge in [0.2, 0.25) is 0 Å². The molecular weight excluding hydrogens is 404 g/mol. The second-order valence-electron chi connectivity index (χ2n) is 6.55. The number of nitro groups is 2. The van der Waals surface area contributed by atoms with Gasteiger partial charge in [-0.25, -0.2) is 0 Å². The SMILES string of the molecule is Cc1ccccc1NC(=O)c1ccc(NC(=O)c2cc([N+](=O)[O-])cc([N+](=O)[O-])c2)cc1. The van der Waals surface area contributed by atoms with Gasteiger partial charge in [0.15, 0.2) is 0 Å². The average molecular weight is 420 g/mol. The lowest BCUT2D eigenvalue weighted by Crippen LogP contribution is -2.14. The first-order valence-corrected chi connectivity index (χ1v) is 8.97. The number of nitrogens with zero attached hydrogens (tertiary/aromatic N) is 2. The van der Waals surface area contributed by atoms with E-state index in [4.69, 9.17) is 0 Å². The summed E-state index contributed by atoms with van der Waals surface area (Å²) in [5.41, 5.74) is 0.884. The van der Waals surface area contributed by atoms with Crippen LogP contribution in [0.1, 0.15) is 26.3 Å². The van der Waals surface area contributed by atoms with Crippen molar-refractivity contribution in [1.82, 2.24) is 0 Å². The van der Waals surface area contributed by atoms with Gasteiger partial charge in [-0.05, 0) is 42.8 Å². The maximum atomic E-state index is 12.4. The van der Waals surface area contributed by atoms with Crippen LogP contribution in [0.3, 0.4) is 0 Å². The zero-order valence-corrected chi connectivity index (χ0v) is 16.2. The van der Waals surface area contributed by atoms with Crippen LogP contribution in [-0.2, 0) is 0 Å². The van der Waals surface area contributed by atoms with Gasteiger partial charge in [-0.1, -0.05) is 18.2 Å². The number of carbonyl (C=O) groups excluding carboxylic acids is 2. The van der Waals surface area contributed by atoms with E-state index in [1.54, 1.807) is 12.1 Å². The van der Waals surface area contributed by atoms with Crippen molar-refractivity contribution < 1.29 is 19.4 Å². The zero-order valence-electron chi connectivity index (χ0n) is 16.2. The van der Waals surface area contributed by atoms with E-state index in [-0.39, 0.29) is 11.5 Å². The Bertz CT molecular complexity index is 1160. The number of nitrogens with one attached hydrogen (secondary N) is 2. The topological polar surface area (TPSA) is 144 Å². The van der Waals surface area contributed by atoms with Gasteiger partial charge >= 0.3 is 0 Å². The average Bonchev–Trinajstić information content (AvgIpc) is 2.75. The summed E-state index contributed by atoms with van der Waals surface area (Å²) in [5, 5.41) is 27.2. The largest absolute Gasteiger partial charge is 0.322 e. The third kappa shape index (κ3) is 5.07. The summed E-state index contributed by atoms with van der Waals surface area (Å²) in [6, 6.07) is 16.0. The molecular formula is C21H16N4O6. The van der Waals surface area contributed by atoms with Crippen LogP contribution >= 0.6 is 0 Å². The molecule has 0 aliphatic carbocycles. The van der Waals surface area contributed by atoms with Crippen LogP contribution in [0, 0.1) is 27.2 Å². The van der Waals surface area contributed by atoms with Crippen LogP contribution in [-0.4, -0.2) is 21.7 Å². The highest BCUT2D eigenvalue weighted by molar-refractivity contribution is 6.07. The molecule has 0 spiro atoms. The minimum atomic E-state index is -0.814. The van der Waals surface area contributed by atoms with E-state index < -0.39 is 27.1 Å². The molecule has 0 unspecified atom stereocenters. The maximum absolute atomic E-state index is 12.4. The first-order chi connectivity index (χ1) is 14.7.